The first-order valence-corrected chi connectivity index (χ1v) is 10.1. The minimum atomic E-state index is -3.68. The van der Waals surface area contributed by atoms with Gasteiger partial charge in [0.15, 0.2) is 0 Å². The number of rotatable bonds is 3. The summed E-state index contributed by atoms with van der Waals surface area (Å²) in [6, 6.07) is 12.2. The van der Waals surface area contributed by atoms with Crippen molar-refractivity contribution in [2.45, 2.75) is 39.5 Å². The number of anilines is 1. The number of fused-ring (bicyclic) bond motifs is 1. The fourth-order valence-corrected chi connectivity index (χ4v) is 3.78. The highest BCUT2D eigenvalue weighted by Gasteiger charge is 2.20. The van der Waals surface area contributed by atoms with Gasteiger partial charge in [0.05, 0.1) is 17.4 Å². The number of sulfonamides is 1. The average molecular weight is 366 g/mol. The van der Waals surface area contributed by atoms with E-state index in [1.165, 1.54) is 6.07 Å². The van der Waals surface area contributed by atoms with Crippen LogP contribution < -0.4 is 4.72 Å². The minimum absolute atomic E-state index is 0.145. The zero-order chi connectivity index (χ0) is 18.2. The van der Waals surface area contributed by atoms with Gasteiger partial charge in [-0.25, -0.2) is 8.42 Å². The van der Waals surface area contributed by atoms with Gasteiger partial charge in [-0.1, -0.05) is 52.0 Å². The number of para-hydroxylation sites is 1. The lowest BCUT2D eigenvalue weighted by molar-refractivity contribution is 0.602. The summed E-state index contributed by atoms with van der Waals surface area (Å²) in [5.41, 5.74) is 2.41. The van der Waals surface area contributed by atoms with Crippen LogP contribution in [0.25, 0.3) is 11.0 Å². The van der Waals surface area contributed by atoms with Crippen molar-refractivity contribution < 1.29 is 8.42 Å². The van der Waals surface area contributed by atoms with Gasteiger partial charge >= 0.3 is 0 Å². The molecule has 0 fully saturated rings. The Morgan fingerprint density at radius 3 is 2.25 bits per heavy atom. The first-order valence-electron chi connectivity index (χ1n) is 7.88. The summed E-state index contributed by atoms with van der Waals surface area (Å²) in [4.78, 5) is 0.145. The highest BCUT2D eigenvalue weighted by Crippen LogP contribution is 2.24. The zero-order valence-electron chi connectivity index (χ0n) is 14.6. The maximum absolute atomic E-state index is 12.5. The van der Waals surface area contributed by atoms with Gasteiger partial charge in [0.1, 0.15) is 15.9 Å². The topological polar surface area (TPSA) is 72.0 Å². The Morgan fingerprint density at radius 2 is 1.58 bits per heavy atom. The molecule has 7 heteroatoms. The molecule has 1 N–H and O–H groups in total. The van der Waals surface area contributed by atoms with Crippen LogP contribution in [0.15, 0.2) is 47.4 Å². The molecule has 1 heterocycles. The second kappa shape index (κ2) is 9.34. The minimum Gasteiger partial charge on any atom is -0.279 e. The van der Waals surface area contributed by atoms with Crippen LogP contribution in [-0.4, -0.2) is 17.2 Å². The van der Waals surface area contributed by atoms with Gasteiger partial charge in [-0.3, -0.25) is 4.72 Å². The molecule has 0 saturated heterocycles. The zero-order valence-corrected chi connectivity index (χ0v) is 16.2. The normalized spacial score (nSPS) is 10.2. The molecule has 0 aliphatic carbocycles. The smallest absolute Gasteiger partial charge is 0.264 e. The molecule has 3 aromatic rings. The van der Waals surface area contributed by atoms with Crippen LogP contribution in [0.5, 0.6) is 0 Å². The lowest BCUT2D eigenvalue weighted by Crippen LogP contribution is -2.14. The summed E-state index contributed by atoms with van der Waals surface area (Å²) in [5.74, 6) is 0. The molecule has 0 unspecified atom stereocenters. The van der Waals surface area contributed by atoms with Crippen LogP contribution in [0.2, 0.25) is 0 Å². The highest BCUT2D eigenvalue weighted by molar-refractivity contribution is 7.93. The molecule has 0 atom stereocenters. The monoisotopic (exact) mass is 365 g/mol. The van der Waals surface area contributed by atoms with Crippen molar-refractivity contribution in [3.05, 3.63) is 48.0 Å². The fourth-order valence-electron chi connectivity index (χ4n) is 1.89. The van der Waals surface area contributed by atoms with Crippen LogP contribution in [0, 0.1) is 6.92 Å². The number of nitrogens with one attached hydrogen (secondary N) is 1. The number of benzene rings is 2. The fraction of sp³-hybridized carbons (Fsp3) is 0.294. The van der Waals surface area contributed by atoms with Crippen molar-refractivity contribution in [3.8, 4) is 0 Å². The quantitative estimate of drug-likeness (QED) is 0.720. The molecule has 0 saturated carbocycles. The number of aryl methyl sites for hydroxylation is 1. The SMILES string of the molecule is CC.CC.Cc1ccccc1NS(=O)(=O)c1cccc2nsnc12. The molecule has 0 amide bonds. The molecule has 1 aromatic heterocycles. The standard InChI is InChI=1S/C13H11N3O2S2.2C2H6/c1-9-5-2-3-6-10(9)16-20(17,18)12-8-4-7-11-13(12)15-19-14-11;2*1-2/h2-8,16H,1H3;2*1-2H3. The lowest BCUT2D eigenvalue weighted by atomic mass is 10.2. The molecule has 0 aliphatic rings. The molecule has 130 valence electrons. The molecule has 3 rings (SSSR count). The van der Waals surface area contributed by atoms with Gasteiger partial charge in [-0.05, 0) is 30.7 Å². The molecule has 0 bridgehead atoms. The van der Waals surface area contributed by atoms with Gasteiger partial charge in [-0.2, -0.15) is 8.75 Å². The Balaban J connectivity index is 0.000000671. The van der Waals surface area contributed by atoms with Crippen LogP contribution in [0.3, 0.4) is 0 Å². The van der Waals surface area contributed by atoms with Crippen molar-refractivity contribution in [1.29, 1.82) is 0 Å². The Hall–Kier alpha value is -1.99. The van der Waals surface area contributed by atoms with Crippen molar-refractivity contribution in [2.24, 2.45) is 0 Å². The summed E-state index contributed by atoms with van der Waals surface area (Å²) in [5, 5.41) is 0. The molecular weight excluding hydrogens is 342 g/mol. The van der Waals surface area contributed by atoms with E-state index in [0.717, 1.165) is 17.3 Å². The molecule has 5 nitrogen and oxygen atoms in total. The second-order valence-electron chi connectivity index (χ2n) is 4.31. The Bertz CT molecular complexity index is 874. The van der Waals surface area contributed by atoms with E-state index in [1.807, 2.05) is 46.8 Å². The Labute approximate surface area is 148 Å². The van der Waals surface area contributed by atoms with Gasteiger partial charge in [0.2, 0.25) is 0 Å². The van der Waals surface area contributed by atoms with Crippen molar-refractivity contribution in [3.63, 3.8) is 0 Å². The third kappa shape index (κ3) is 4.52. The Morgan fingerprint density at radius 1 is 0.917 bits per heavy atom. The van der Waals surface area contributed by atoms with E-state index in [1.54, 1.807) is 24.3 Å². The van der Waals surface area contributed by atoms with Crippen LogP contribution in [0.4, 0.5) is 5.69 Å². The first-order chi connectivity index (χ1) is 11.6. The summed E-state index contributed by atoms with van der Waals surface area (Å²) >= 11 is 1.00. The third-order valence-corrected chi connectivity index (χ3v) is 4.87. The van der Waals surface area contributed by atoms with E-state index in [9.17, 15) is 8.42 Å². The summed E-state index contributed by atoms with van der Waals surface area (Å²) < 4.78 is 35.7. The Kier molecular flexibility index (Phi) is 7.81. The molecule has 0 aliphatic heterocycles. The van der Waals surface area contributed by atoms with E-state index >= 15 is 0 Å². The third-order valence-electron chi connectivity index (χ3n) is 2.93. The van der Waals surface area contributed by atoms with Crippen LogP contribution in [-0.2, 0) is 10.0 Å². The van der Waals surface area contributed by atoms with Crippen molar-refractivity contribution in [1.82, 2.24) is 8.75 Å². The van der Waals surface area contributed by atoms with Gasteiger partial charge in [0.25, 0.3) is 10.0 Å². The maximum atomic E-state index is 12.5. The predicted octanol–water partition coefficient (Wildman–Crippen LogP) is 4.85. The van der Waals surface area contributed by atoms with Crippen molar-refractivity contribution >= 4 is 38.5 Å². The predicted molar refractivity (Wildman–Crippen MR) is 102 cm³/mol. The highest BCUT2D eigenvalue weighted by atomic mass is 32.2. The summed E-state index contributed by atoms with van der Waals surface area (Å²) in [7, 11) is -3.68. The molecule has 0 spiro atoms. The molecular formula is C17H23N3O2S2. The van der Waals surface area contributed by atoms with Crippen LogP contribution in [0.1, 0.15) is 33.3 Å². The van der Waals surface area contributed by atoms with Gasteiger partial charge in [-0.15, -0.1) is 0 Å². The van der Waals surface area contributed by atoms with Gasteiger partial charge < -0.3 is 0 Å². The number of nitrogens with zero attached hydrogens (tertiary/aromatic N) is 2. The summed E-state index contributed by atoms with van der Waals surface area (Å²) in [6.45, 7) is 9.85. The number of hydrogen-bond acceptors (Lipinski definition) is 5. The van der Waals surface area contributed by atoms with E-state index in [-0.39, 0.29) is 4.90 Å². The lowest BCUT2D eigenvalue weighted by Gasteiger charge is -2.10. The van der Waals surface area contributed by atoms with Crippen molar-refractivity contribution in [2.75, 3.05) is 4.72 Å². The number of aromatic nitrogens is 2. The van der Waals surface area contributed by atoms with E-state index in [2.05, 4.69) is 13.5 Å². The first kappa shape index (κ1) is 20.1. The van der Waals surface area contributed by atoms with Crippen LogP contribution >= 0.6 is 11.7 Å². The van der Waals surface area contributed by atoms with E-state index < -0.39 is 10.0 Å². The summed E-state index contributed by atoms with van der Waals surface area (Å²) in [6.07, 6.45) is 0. The van der Waals surface area contributed by atoms with Gasteiger partial charge in [0, 0.05) is 0 Å². The van der Waals surface area contributed by atoms with E-state index in [0.29, 0.717) is 16.7 Å². The maximum Gasteiger partial charge on any atom is 0.264 e. The molecule has 2 aromatic carbocycles. The second-order valence-corrected chi connectivity index (χ2v) is 6.49. The molecule has 24 heavy (non-hydrogen) atoms. The number of hydrogen-bond donors (Lipinski definition) is 1. The largest absolute Gasteiger partial charge is 0.279 e. The van der Waals surface area contributed by atoms with E-state index in [4.69, 9.17) is 0 Å². The molecule has 0 radical (unpaired) electrons. The average Bonchev–Trinajstić information content (AvgIpc) is 3.09.